The van der Waals surface area contributed by atoms with E-state index >= 15 is 0 Å². The van der Waals surface area contributed by atoms with E-state index < -0.39 is 0 Å². The first kappa shape index (κ1) is 17.7. The molecule has 6 nitrogen and oxygen atoms in total. The summed E-state index contributed by atoms with van der Waals surface area (Å²) in [5, 5.41) is 8.91. The van der Waals surface area contributed by atoms with Crippen LogP contribution in [0.25, 0.3) is 0 Å². The molecular formula is C21H26N6. The minimum Gasteiger partial charge on any atom is -0.356 e. The lowest BCUT2D eigenvalue weighted by molar-refractivity contribution is 0.249. The van der Waals surface area contributed by atoms with Gasteiger partial charge >= 0.3 is 0 Å². The number of piperazine rings is 1. The molecule has 0 aliphatic carbocycles. The molecule has 4 rings (SSSR count). The minimum atomic E-state index is 0.719. The zero-order chi connectivity index (χ0) is 18.5. The Labute approximate surface area is 161 Å². The molecule has 0 N–H and O–H groups in total. The number of nitrogens with zero attached hydrogens (tertiary/aromatic N) is 6. The molecule has 0 atom stereocenters. The van der Waals surface area contributed by atoms with Gasteiger partial charge in [-0.1, -0.05) is 12.1 Å². The van der Waals surface area contributed by atoms with Gasteiger partial charge in [-0.15, -0.1) is 0 Å². The molecule has 2 aliphatic heterocycles. The third-order valence-electron chi connectivity index (χ3n) is 5.50. The second-order valence-corrected chi connectivity index (χ2v) is 7.35. The van der Waals surface area contributed by atoms with Gasteiger partial charge in [0, 0.05) is 51.9 Å². The molecule has 1 aromatic carbocycles. The molecule has 2 saturated heterocycles. The Hall–Kier alpha value is -2.65. The first-order valence-electron chi connectivity index (χ1n) is 9.85. The van der Waals surface area contributed by atoms with E-state index in [2.05, 4.69) is 48.9 Å². The third kappa shape index (κ3) is 4.37. The molecule has 2 aliphatic rings. The maximum Gasteiger partial charge on any atom is 0.134 e. The Bertz CT molecular complexity index is 783. The highest BCUT2D eigenvalue weighted by molar-refractivity contribution is 5.50. The summed E-state index contributed by atoms with van der Waals surface area (Å²) in [6.07, 6.45) is 5.55. The van der Waals surface area contributed by atoms with Crippen LogP contribution in [0.5, 0.6) is 0 Å². The summed E-state index contributed by atoms with van der Waals surface area (Å²) in [6, 6.07) is 12.2. The zero-order valence-electron chi connectivity index (χ0n) is 15.7. The molecule has 2 aromatic rings. The van der Waals surface area contributed by atoms with Crippen LogP contribution in [0.2, 0.25) is 0 Å². The fourth-order valence-electron chi connectivity index (χ4n) is 3.88. The van der Waals surface area contributed by atoms with Crippen molar-refractivity contribution in [2.24, 2.45) is 0 Å². The molecule has 140 valence electrons. The number of piperidine rings is 1. The predicted octanol–water partition coefficient (Wildman–Crippen LogP) is 2.66. The molecule has 1 aromatic heterocycles. The zero-order valence-corrected chi connectivity index (χ0v) is 15.7. The van der Waals surface area contributed by atoms with Crippen molar-refractivity contribution in [2.75, 3.05) is 49.1 Å². The first-order chi connectivity index (χ1) is 13.3. The standard InChI is InChI=1S/C21H26N6/c22-15-18-4-6-19(7-5-18)16-25-10-12-27(13-11-25)21-14-20(23-17-24-21)26-8-2-1-3-9-26/h4-7,14,17H,1-3,8-13,16H2. The molecule has 27 heavy (non-hydrogen) atoms. The van der Waals surface area contributed by atoms with E-state index in [1.807, 2.05) is 12.1 Å². The summed E-state index contributed by atoms with van der Waals surface area (Å²) >= 11 is 0. The third-order valence-corrected chi connectivity index (χ3v) is 5.50. The van der Waals surface area contributed by atoms with Crippen LogP contribution in [0, 0.1) is 11.3 Å². The van der Waals surface area contributed by atoms with Crippen LogP contribution < -0.4 is 9.80 Å². The lowest BCUT2D eigenvalue weighted by Gasteiger charge is -2.36. The number of rotatable bonds is 4. The summed E-state index contributed by atoms with van der Waals surface area (Å²) < 4.78 is 0. The van der Waals surface area contributed by atoms with Crippen LogP contribution in [-0.4, -0.2) is 54.1 Å². The van der Waals surface area contributed by atoms with Gasteiger partial charge < -0.3 is 9.80 Å². The Morgan fingerprint density at radius 2 is 1.44 bits per heavy atom. The Morgan fingerprint density at radius 1 is 0.815 bits per heavy atom. The number of nitriles is 1. The van der Waals surface area contributed by atoms with Gasteiger partial charge in [0.1, 0.15) is 18.0 Å². The van der Waals surface area contributed by atoms with E-state index in [1.54, 1.807) is 6.33 Å². The van der Waals surface area contributed by atoms with E-state index in [-0.39, 0.29) is 0 Å². The highest BCUT2D eigenvalue weighted by Gasteiger charge is 2.20. The van der Waals surface area contributed by atoms with Crippen LogP contribution in [0.15, 0.2) is 36.7 Å². The summed E-state index contributed by atoms with van der Waals surface area (Å²) in [4.78, 5) is 16.2. The number of anilines is 2. The molecule has 0 unspecified atom stereocenters. The van der Waals surface area contributed by atoms with Gasteiger partial charge in [-0.2, -0.15) is 5.26 Å². The van der Waals surface area contributed by atoms with Crippen LogP contribution in [0.4, 0.5) is 11.6 Å². The van der Waals surface area contributed by atoms with Crippen molar-refractivity contribution in [3.05, 3.63) is 47.8 Å². The summed E-state index contributed by atoms with van der Waals surface area (Å²) in [5.41, 5.74) is 1.98. The lowest BCUT2D eigenvalue weighted by Crippen LogP contribution is -2.46. The van der Waals surface area contributed by atoms with Gasteiger partial charge in [-0.05, 0) is 37.0 Å². The summed E-state index contributed by atoms with van der Waals surface area (Å²) in [5.74, 6) is 2.11. The number of hydrogen-bond donors (Lipinski definition) is 0. The largest absolute Gasteiger partial charge is 0.356 e. The molecular weight excluding hydrogens is 336 g/mol. The molecule has 0 spiro atoms. The topological polar surface area (TPSA) is 59.3 Å². The maximum absolute atomic E-state index is 8.91. The van der Waals surface area contributed by atoms with Crippen molar-refractivity contribution in [1.29, 1.82) is 5.26 Å². The van der Waals surface area contributed by atoms with E-state index in [1.165, 1.54) is 24.8 Å². The number of hydrogen-bond acceptors (Lipinski definition) is 6. The number of benzene rings is 1. The molecule has 0 bridgehead atoms. The Balaban J connectivity index is 1.34. The maximum atomic E-state index is 8.91. The van der Waals surface area contributed by atoms with E-state index in [9.17, 15) is 0 Å². The van der Waals surface area contributed by atoms with Gasteiger partial charge in [-0.3, -0.25) is 4.90 Å². The van der Waals surface area contributed by atoms with Gasteiger partial charge in [0.05, 0.1) is 11.6 Å². The van der Waals surface area contributed by atoms with Crippen molar-refractivity contribution in [2.45, 2.75) is 25.8 Å². The first-order valence-corrected chi connectivity index (χ1v) is 9.85. The Morgan fingerprint density at radius 3 is 2.07 bits per heavy atom. The lowest BCUT2D eigenvalue weighted by atomic mass is 10.1. The molecule has 0 radical (unpaired) electrons. The monoisotopic (exact) mass is 362 g/mol. The minimum absolute atomic E-state index is 0.719. The van der Waals surface area contributed by atoms with Crippen LogP contribution in [0.3, 0.4) is 0 Å². The van der Waals surface area contributed by atoms with Crippen LogP contribution in [-0.2, 0) is 6.54 Å². The van der Waals surface area contributed by atoms with E-state index in [0.29, 0.717) is 0 Å². The predicted molar refractivity (Wildman–Crippen MR) is 107 cm³/mol. The quantitative estimate of drug-likeness (QED) is 0.833. The second-order valence-electron chi connectivity index (χ2n) is 7.35. The second kappa shape index (κ2) is 8.36. The van der Waals surface area contributed by atoms with Gasteiger partial charge in [0.2, 0.25) is 0 Å². The highest BCUT2D eigenvalue weighted by Crippen LogP contribution is 2.22. The SMILES string of the molecule is N#Cc1ccc(CN2CCN(c3cc(N4CCCCC4)ncn3)CC2)cc1. The van der Waals surface area contributed by atoms with Crippen molar-refractivity contribution < 1.29 is 0 Å². The highest BCUT2D eigenvalue weighted by atomic mass is 15.3. The summed E-state index contributed by atoms with van der Waals surface area (Å²) in [7, 11) is 0. The number of aromatic nitrogens is 2. The van der Waals surface area contributed by atoms with E-state index in [4.69, 9.17) is 5.26 Å². The van der Waals surface area contributed by atoms with E-state index in [0.717, 1.165) is 63.0 Å². The Kier molecular flexibility index (Phi) is 5.50. The van der Waals surface area contributed by atoms with Crippen molar-refractivity contribution in [3.8, 4) is 6.07 Å². The normalized spacial score (nSPS) is 18.3. The fourth-order valence-corrected chi connectivity index (χ4v) is 3.88. The van der Waals surface area contributed by atoms with Crippen LogP contribution >= 0.6 is 0 Å². The van der Waals surface area contributed by atoms with Gasteiger partial charge in [0.25, 0.3) is 0 Å². The summed E-state index contributed by atoms with van der Waals surface area (Å²) in [6.45, 7) is 7.14. The average molecular weight is 362 g/mol. The molecule has 2 fully saturated rings. The van der Waals surface area contributed by atoms with Crippen molar-refractivity contribution in [1.82, 2.24) is 14.9 Å². The average Bonchev–Trinajstić information content (AvgIpc) is 2.75. The molecule has 0 saturated carbocycles. The van der Waals surface area contributed by atoms with Gasteiger partial charge in [-0.25, -0.2) is 9.97 Å². The fraction of sp³-hybridized carbons (Fsp3) is 0.476. The molecule has 3 heterocycles. The molecule has 6 heteroatoms. The van der Waals surface area contributed by atoms with Crippen molar-refractivity contribution >= 4 is 11.6 Å². The van der Waals surface area contributed by atoms with Gasteiger partial charge in [0.15, 0.2) is 0 Å². The van der Waals surface area contributed by atoms with Crippen molar-refractivity contribution in [3.63, 3.8) is 0 Å². The molecule has 0 amide bonds. The van der Waals surface area contributed by atoms with Crippen LogP contribution in [0.1, 0.15) is 30.4 Å². The smallest absolute Gasteiger partial charge is 0.134 e.